The number of nitrogens with one attached hydrogen (secondary N) is 1. The summed E-state index contributed by atoms with van der Waals surface area (Å²) in [5.41, 5.74) is 6.02. The Hall–Kier alpha value is -3.26. The lowest BCUT2D eigenvalue weighted by atomic mass is 10.1. The van der Waals surface area contributed by atoms with Gasteiger partial charge in [0, 0.05) is 33.9 Å². The third-order valence-corrected chi connectivity index (χ3v) is 4.60. The number of benzene rings is 3. The molecule has 0 radical (unpaired) electrons. The molecular weight excluding hydrogens is 292 g/mol. The number of aromatic amines is 1. The molecule has 2 aromatic heterocycles. The van der Waals surface area contributed by atoms with E-state index in [2.05, 4.69) is 88.4 Å². The predicted octanol–water partition coefficient (Wildman–Crippen LogP) is 5.78. The Labute approximate surface area is 140 Å². The van der Waals surface area contributed by atoms with Crippen LogP contribution in [-0.2, 0) is 0 Å². The fourth-order valence-electron chi connectivity index (χ4n) is 3.58. The van der Waals surface area contributed by atoms with E-state index >= 15 is 0 Å². The lowest BCUT2D eigenvalue weighted by molar-refractivity contribution is 1.18. The van der Waals surface area contributed by atoms with Gasteiger partial charge in [0.2, 0.25) is 0 Å². The molecule has 2 heterocycles. The molecule has 0 unspecified atom stereocenters. The van der Waals surface area contributed by atoms with E-state index in [1.54, 1.807) is 0 Å². The molecule has 0 amide bonds. The van der Waals surface area contributed by atoms with Crippen LogP contribution in [0.25, 0.3) is 38.8 Å². The van der Waals surface area contributed by atoms with Crippen LogP contribution in [0.2, 0.25) is 0 Å². The number of nitrogens with zero attached hydrogens (tertiary/aromatic N) is 1. The fourth-order valence-corrected chi connectivity index (χ4v) is 3.58. The molecule has 0 saturated heterocycles. The Kier molecular flexibility index (Phi) is 2.83. The lowest BCUT2D eigenvalue weighted by Gasteiger charge is -2.10. The Morgan fingerprint density at radius 3 is 2.25 bits per heavy atom. The zero-order valence-corrected chi connectivity index (χ0v) is 13.1. The quantitative estimate of drug-likeness (QED) is 0.427. The number of hydrogen-bond acceptors (Lipinski definition) is 0. The average Bonchev–Trinajstić information content (AvgIpc) is 3.28. The molecule has 24 heavy (non-hydrogen) atoms. The van der Waals surface area contributed by atoms with Gasteiger partial charge in [0.1, 0.15) is 0 Å². The highest BCUT2D eigenvalue weighted by atomic mass is 15.0. The minimum atomic E-state index is 1.14. The van der Waals surface area contributed by atoms with Crippen LogP contribution in [0, 0.1) is 0 Å². The Morgan fingerprint density at radius 2 is 1.42 bits per heavy atom. The molecule has 0 aliphatic rings. The molecule has 114 valence electrons. The molecule has 5 rings (SSSR count). The number of hydrogen-bond donors (Lipinski definition) is 1. The highest BCUT2D eigenvalue weighted by Crippen LogP contribution is 2.37. The van der Waals surface area contributed by atoms with E-state index in [1.807, 2.05) is 12.3 Å². The summed E-state index contributed by atoms with van der Waals surface area (Å²) in [6.07, 6.45) is 1.98. The van der Waals surface area contributed by atoms with Crippen LogP contribution in [0.3, 0.4) is 0 Å². The molecule has 3 aromatic carbocycles. The standard InChI is InChI=1S/C22H16N2/c1-2-8-16(9-3-1)24-21-14-5-4-10-17(21)18-11-6-12-19(22(18)24)20-13-7-15-23-20/h1-15,23H. The Morgan fingerprint density at radius 1 is 0.625 bits per heavy atom. The summed E-state index contributed by atoms with van der Waals surface area (Å²) in [5, 5.41) is 2.56. The zero-order valence-electron chi connectivity index (χ0n) is 13.1. The van der Waals surface area contributed by atoms with Gasteiger partial charge >= 0.3 is 0 Å². The van der Waals surface area contributed by atoms with Crippen molar-refractivity contribution in [2.24, 2.45) is 0 Å². The van der Waals surface area contributed by atoms with Gasteiger partial charge in [0.15, 0.2) is 0 Å². The smallest absolute Gasteiger partial charge is 0.0634 e. The van der Waals surface area contributed by atoms with Crippen molar-refractivity contribution in [1.82, 2.24) is 9.55 Å². The number of rotatable bonds is 2. The second-order valence-electron chi connectivity index (χ2n) is 5.97. The number of aromatic nitrogens is 2. The molecule has 5 aromatic rings. The second kappa shape index (κ2) is 5.14. The maximum absolute atomic E-state index is 3.36. The van der Waals surface area contributed by atoms with Crippen molar-refractivity contribution in [2.45, 2.75) is 0 Å². The van der Waals surface area contributed by atoms with Gasteiger partial charge in [-0.2, -0.15) is 0 Å². The summed E-state index contributed by atoms with van der Waals surface area (Å²) in [4.78, 5) is 3.36. The second-order valence-corrected chi connectivity index (χ2v) is 5.97. The largest absolute Gasteiger partial charge is 0.361 e. The van der Waals surface area contributed by atoms with Gasteiger partial charge in [-0.25, -0.2) is 0 Å². The number of H-pyrrole nitrogens is 1. The fraction of sp³-hybridized carbons (Fsp3) is 0. The van der Waals surface area contributed by atoms with Crippen molar-refractivity contribution in [2.75, 3.05) is 0 Å². The van der Waals surface area contributed by atoms with Gasteiger partial charge in [0.25, 0.3) is 0 Å². The van der Waals surface area contributed by atoms with Gasteiger partial charge in [-0.1, -0.05) is 54.6 Å². The third-order valence-electron chi connectivity index (χ3n) is 4.60. The highest BCUT2D eigenvalue weighted by Gasteiger charge is 2.15. The molecule has 0 aliphatic carbocycles. The summed E-state index contributed by atoms with van der Waals surface area (Å²) in [6, 6.07) is 29.9. The summed E-state index contributed by atoms with van der Waals surface area (Å²) in [5.74, 6) is 0. The van der Waals surface area contributed by atoms with Crippen LogP contribution in [0.1, 0.15) is 0 Å². The minimum Gasteiger partial charge on any atom is -0.361 e. The van der Waals surface area contributed by atoms with Gasteiger partial charge in [-0.3, -0.25) is 0 Å². The normalized spacial score (nSPS) is 11.3. The van der Waals surface area contributed by atoms with Crippen LogP contribution in [0.5, 0.6) is 0 Å². The summed E-state index contributed by atoms with van der Waals surface area (Å²) in [6.45, 7) is 0. The first-order chi connectivity index (χ1) is 11.9. The molecule has 0 spiro atoms. The highest BCUT2D eigenvalue weighted by molar-refractivity contribution is 6.13. The zero-order chi connectivity index (χ0) is 15.9. The van der Waals surface area contributed by atoms with E-state index in [0.29, 0.717) is 0 Å². The van der Waals surface area contributed by atoms with E-state index in [4.69, 9.17) is 0 Å². The number of fused-ring (bicyclic) bond motifs is 3. The summed E-state index contributed by atoms with van der Waals surface area (Å²) in [7, 11) is 0. The van der Waals surface area contributed by atoms with Gasteiger partial charge < -0.3 is 9.55 Å². The average molecular weight is 308 g/mol. The maximum Gasteiger partial charge on any atom is 0.0634 e. The van der Waals surface area contributed by atoms with Crippen molar-refractivity contribution in [3.8, 4) is 16.9 Å². The summed E-state index contributed by atoms with van der Waals surface area (Å²) >= 11 is 0. The molecular formula is C22H16N2. The SMILES string of the molecule is c1ccc(-n2c3ccccc3c3cccc(-c4ccc[nH]4)c32)cc1. The minimum absolute atomic E-state index is 1.14. The molecule has 0 aliphatic heterocycles. The van der Waals surface area contributed by atoms with E-state index in [-0.39, 0.29) is 0 Å². The molecule has 0 saturated carbocycles. The summed E-state index contributed by atoms with van der Waals surface area (Å²) < 4.78 is 2.36. The van der Waals surface area contributed by atoms with Crippen LogP contribution >= 0.6 is 0 Å². The van der Waals surface area contributed by atoms with Crippen LogP contribution < -0.4 is 0 Å². The van der Waals surface area contributed by atoms with Gasteiger partial charge in [0.05, 0.1) is 11.0 Å². The monoisotopic (exact) mass is 308 g/mol. The van der Waals surface area contributed by atoms with E-state index < -0.39 is 0 Å². The third kappa shape index (κ3) is 1.83. The molecule has 2 heteroatoms. The molecule has 0 fully saturated rings. The molecule has 1 N–H and O–H groups in total. The molecule has 2 nitrogen and oxygen atoms in total. The van der Waals surface area contributed by atoms with Crippen LogP contribution in [0.4, 0.5) is 0 Å². The Bertz CT molecular complexity index is 1130. The van der Waals surface area contributed by atoms with E-state index in [1.165, 1.54) is 33.1 Å². The van der Waals surface area contributed by atoms with Gasteiger partial charge in [-0.05, 0) is 30.3 Å². The first kappa shape index (κ1) is 13.2. The first-order valence-electron chi connectivity index (χ1n) is 8.15. The van der Waals surface area contributed by atoms with E-state index in [0.717, 1.165) is 5.69 Å². The number of para-hydroxylation sites is 3. The first-order valence-corrected chi connectivity index (χ1v) is 8.15. The van der Waals surface area contributed by atoms with Crippen LogP contribution in [-0.4, -0.2) is 9.55 Å². The van der Waals surface area contributed by atoms with Crippen molar-refractivity contribution >= 4 is 21.8 Å². The van der Waals surface area contributed by atoms with Crippen molar-refractivity contribution < 1.29 is 0 Å². The Balaban J connectivity index is 2.01. The van der Waals surface area contributed by atoms with Crippen LogP contribution in [0.15, 0.2) is 91.1 Å². The van der Waals surface area contributed by atoms with Gasteiger partial charge in [-0.15, -0.1) is 0 Å². The lowest BCUT2D eigenvalue weighted by Crippen LogP contribution is -1.95. The maximum atomic E-state index is 3.36. The molecule has 0 atom stereocenters. The van der Waals surface area contributed by atoms with E-state index in [9.17, 15) is 0 Å². The topological polar surface area (TPSA) is 20.7 Å². The van der Waals surface area contributed by atoms with Crippen molar-refractivity contribution in [1.29, 1.82) is 0 Å². The van der Waals surface area contributed by atoms with Crippen molar-refractivity contribution in [3.63, 3.8) is 0 Å². The molecule has 0 bridgehead atoms. The predicted molar refractivity (Wildman–Crippen MR) is 101 cm³/mol. The van der Waals surface area contributed by atoms with Crippen molar-refractivity contribution in [3.05, 3.63) is 91.1 Å².